The van der Waals surface area contributed by atoms with E-state index in [4.69, 9.17) is 15.2 Å². The predicted octanol–water partition coefficient (Wildman–Crippen LogP) is 4.68. The van der Waals surface area contributed by atoms with Crippen molar-refractivity contribution < 1.29 is 19.1 Å². The van der Waals surface area contributed by atoms with Gasteiger partial charge in [-0.1, -0.05) is 30.3 Å². The largest absolute Gasteiger partial charge is 0.494 e. The Hall–Kier alpha value is -4.08. The predicted molar refractivity (Wildman–Crippen MR) is 154 cm³/mol. The summed E-state index contributed by atoms with van der Waals surface area (Å²) in [5.74, 6) is 0.467. The molecule has 1 saturated heterocycles. The van der Waals surface area contributed by atoms with E-state index in [0.717, 1.165) is 44.8 Å². The van der Waals surface area contributed by atoms with E-state index in [1.54, 1.807) is 29.2 Å². The van der Waals surface area contributed by atoms with Gasteiger partial charge in [-0.3, -0.25) is 9.69 Å². The molecular weight excluding hydrogens is 494 g/mol. The summed E-state index contributed by atoms with van der Waals surface area (Å²) in [5.41, 5.74) is 9.14. The van der Waals surface area contributed by atoms with Crippen LogP contribution in [0.2, 0.25) is 0 Å². The normalized spacial score (nSPS) is 13.5. The summed E-state index contributed by atoms with van der Waals surface area (Å²) < 4.78 is 11.0. The van der Waals surface area contributed by atoms with Gasteiger partial charge in [-0.05, 0) is 55.3 Å². The molecule has 0 atom stereocenters. The Morgan fingerprint density at radius 3 is 2.51 bits per heavy atom. The van der Waals surface area contributed by atoms with Gasteiger partial charge in [0.1, 0.15) is 5.75 Å². The van der Waals surface area contributed by atoms with Crippen molar-refractivity contribution >= 4 is 29.0 Å². The minimum Gasteiger partial charge on any atom is -0.494 e. The lowest BCUT2D eigenvalue weighted by atomic mass is 10.1. The lowest BCUT2D eigenvalue weighted by molar-refractivity contribution is 0.0365. The molecule has 4 rings (SSSR count). The molecule has 9 nitrogen and oxygen atoms in total. The fraction of sp³-hybridized carbons (Fsp3) is 0.333. The molecule has 3 amide bonds. The number of carbonyl (C=O) groups is 2. The number of nitrogens with one attached hydrogen (secondary N) is 2. The van der Waals surface area contributed by atoms with E-state index in [-0.39, 0.29) is 11.9 Å². The van der Waals surface area contributed by atoms with Crippen LogP contribution >= 0.6 is 0 Å². The number of hydrogen-bond acceptors (Lipinski definition) is 6. The molecule has 4 N–H and O–H groups in total. The highest BCUT2D eigenvalue weighted by Crippen LogP contribution is 2.20. The number of nitrogens with two attached hydrogens (primary N) is 1. The molecule has 0 spiro atoms. The van der Waals surface area contributed by atoms with E-state index >= 15 is 0 Å². The van der Waals surface area contributed by atoms with E-state index in [2.05, 4.69) is 15.5 Å². The van der Waals surface area contributed by atoms with Crippen molar-refractivity contribution in [1.29, 1.82) is 0 Å². The van der Waals surface area contributed by atoms with Gasteiger partial charge in [0.15, 0.2) is 0 Å². The van der Waals surface area contributed by atoms with Crippen LogP contribution in [-0.4, -0.2) is 67.7 Å². The molecule has 39 heavy (non-hydrogen) atoms. The highest BCUT2D eigenvalue weighted by molar-refractivity contribution is 6.05. The number of amides is 3. The molecule has 1 aliphatic rings. The van der Waals surface area contributed by atoms with E-state index in [9.17, 15) is 9.59 Å². The average Bonchev–Trinajstić information content (AvgIpc) is 2.95. The van der Waals surface area contributed by atoms with Crippen LogP contribution in [0.15, 0.2) is 72.8 Å². The van der Waals surface area contributed by atoms with Crippen molar-refractivity contribution in [1.82, 2.24) is 9.80 Å². The van der Waals surface area contributed by atoms with Gasteiger partial charge in [0.05, 0.1) is 31.2 Å². The molecule has 3 aromatic carbocycles. The summed E-state index contributed by atoms with van der Waals surface area (Å²) in [6, 6.07) is 21.6. The fourth-order valence-electron chi connectivity index (χ4n) is 4.38. The van der Waals surface area contributed by atoms with Crippen LogP contribution in [0.5, 0.6) is 5.75 Å². The Morgan fingerprint density at radius 1 is 1.00 bits per heavy atom. The number of anilines is 3. The van der Waals surface area contributed by atoms with Crippen LogP contribution in [0.3, 0.4) is 0 Å². The highest BCUT2D eigenvalue weighted by Gasteiger charge is 2.17. The summed E-state index contributed by atoms with van der Waals surface area (Å²) in [6.45, 7) is 7.69. The molecule has 0 saturated carbocycles. The summed E-state index contributed by atoms with van der Waals surface area (Å²) in [5, 5.41) is 5.85. The molecule has 206 valence electrons. The van der Waals surface area contributed by atoms with Crippen molar-refractivity contribution in [3.8, 4) is 5.75 Å². The Labute approximate surface area is 229 Å². The number of para-hydroxylation sites is 2. The summed E-state index contributed by atoms with van der Waals surface area (Å²) in [7, 11) is 0. The molecule has 0 bridgehead atoms. The van der Waals surface area contributed by atoms with Gasteiger partial charge in [-0.15, -0.1) is 0 Å². The van der Waals surface area contributed by atoms with Crippen molar-refractivity contribution in [2.45, 2.75) is 19.9 Å². The van der Waals surface area contributed by atoms with Gasteiger partial charge in [0.2, 0.25) is 0 Å². The molecule has 1 fully saturated rings. The lowest BCUT2D eigenvalue weighted by Gasteiger charge is -2.28. The van der Waals surface area contributed by atoms with Gasteiger partial charge in [0, 0.05) is 50.0 Å². The molecule has 0 aliphatic carbocycles. The summed E-state index contributed by atoms with van der Waals surface area (Å²) in [6.07, 6.45) is 0.839. The van der Waals surface area contributed by atoms with E-state index in [1.807, 2.05) is 55.5 Å². The zero-order chi connectivity index (χ0) is 27.5. The maximum Gasteiger partial charge on any atom is 0.322 e. The van der Waals surface area contributed by atoms with E-state index in [1.165, 1.54) is 0 Å². The zero-order valence-corrected chi connectivity index (χ0v) is 22.4. The number of rotatable bonds is 11. The maximum absolute atomic E-state index is 13.3. The van der Waals surface area contributed by atoms with Crippen LogP contribution in [0.4, 0.5) is 21.9 Å². The number of nitrogens with zero attached hydrogens (tertiary/aromatic N) is 2. The zero-order valence-electron chi connectivity index (χ0n) is 22.4. The third kappa shape index (κ3) is 8.46. The minimum absolute atomic E-state index is 0.188. The van der Waals surface area contributed by atoms with Crippen molar-refractivity contribution in [3.05, 3.63) is 83.9 Å². The second kappa shape index (κ2) is 14.2. The second-order valence-corrected chi connectivity index (χ2v) is 9.36. The van der Waals surface area contributed by atoms with E-state index in [0.29, 0.717) is 48.1 Å². The van der Waals surface area contributed by atoms with Crippen LogP contribution in [-0.2, 0) is 11.3 Å². The van der Waals surface area contributed by atoms with Crippen molar-refractivity contribution in [2.24, 2.45) is 0 Å². The number of hydrogen-bond donors (Lipinski definition) is 3. The SMILES string of the molecule is CCOc1cccc(NC(=O)N(CCCN2CCOCC2)Cc2ccc(C(=O)Nc3ccccc3N)cc2)c1. The summed E-state index contributed by atoms with van der Waals surface area (Å²) >= 11 is 0. The van der Waals surface area contributed by atoms with Crippen LogP contribution in [0, 0.1) is 0 Å². The lowest BCUT2D eigenvalue weighted by Crippen LogP contribution is -2.40. The van der Waals surface area contributed by atoms with Gasteiger partial charge in [-0.2, -0.15) is 0 Å². The van der Waals surface area contributed by atoms with Crippen LogP contribution in [0.25, 0.3) is 0 Å². The molecule has 1 aliphatic heterocycles. The Balaban J connectivity index is 1.41. The molecule has 1 heterocycles. The number of urea groups is 1. The second-order valence-electron chi connectivity index (χ2n) is 9.36. The number of benzene rings is 3. The van der Waals surface area contributed by atoms with E-state index < -0.39 is 0 Å². The molecule has 3 aromatic rings. The molecule has 0 aromatic heterocycles. The highest BCUT2D eigenvalue weighted by atomic mass is 16.5. The van der Waals surface area contributed by atoms with Crippen molar-refractivity contribution in [3.63, 3.8) is 0 Å². The molecule has 0 radical (unpaired) electrons. The number of nitrogen functional groups attached to an aromatic ring is 1. The topological polar surface area (TPSA) is 109 Å². The smallest absolute Gasteiger partial charge is 0.322 e. The number of carbonyl (C=O) groups excluding carboxylic acids is 2. The Bertz CT molecular complexity index is 1230. The first kappa shape index (κ1) is 27.9. The van der Waals surface area contributed by atoms with Gasteiger partial charge in [-0.25, -0.2) is 4.79 Å². The standard InChI is InChI=1S/C30H37N5O4/c1-2-39-26-8-5-7-25(21-26)32-30(37)35(16-6-15-34-17-19-38-20-18-34)22-23-11-13-24(14-12-23)29(36)33-28-10-4-3-9-27(28)31/h3-5,7-14,21H,2,6,15-20,22,31H2,1H3,(H,32,37)(H,33,36). The average molecular weight is 532 g/mol. The van der Waals surface area contributed by atoms with Gasteiger partial charge >= 0.3 is 6.03 Å². The minimum atomic E-state index is -0.242. The monoisotopic (exact) mass is 531 g/mol. The van der Waals surface area contributed by atoms with Crippen molar-refractivity contribution in [2.75, 3.05) is 62.4 Å². The first-order valence-corrected chi connectivity index (χ1v) is 13.4. The Kier molecular flexibility index (Phi) is 10.2. The first-order valence-electron chi connectivity index (χ1n) is 13.4. The molecule has 0 unspecified atom stereocenters. The third-order valence-electron chi connectivity index (χ3n) is 6.49. The van der Waals surface area contributed by atoms with Gasteiger partial charge < -0.3 is 30.7 Å². The maximum atomic E-state index is 13.3. The van der Waals surface area contributed by atoms with Gasteiger partial charge in [0.25, 0.3) is 5.91 Å². The first-order chi connectivity index (χ1) is 19.0. The van der Waals surface area contributed by atoms with Crippen LogP contribution < -0.4 is 21.1 Å². The van der Waals surface area contributed by atoms with Crippen LogP contribution in [0.1, 0.15) is 29.3 Å². The molecule has 9 heteroatoms. The quantitative estimate of drug-likeness (QED) is 0.310. The molecular formula is C30H37N5O4. The number of morpholine rings is 1. The number of ether oxygens (including phenoxy) is 2. The summed E-state index contributed by atoms with van der Waals surface area (Å²) in [4.78, 5) is 30.2. The Morgan fingerprint density at radius 2 is 1.77 bits per heavy atom. The fourth-order valence-corrected chi connectivity index (χ4v) is 4.38. The third-order valence-corrected chi connectivity index (χ3v) is 6.49.